The van der Waals surface area contributed by atoms with E-state index < -0.39 is 29.2 Å². The van der Waals surface area contributed by atoms with Gasteiger partial charge in [-0.3, -0.25) is 4.79 Å². The number of halogens is 3. The van der Waals surface area contributed by atoms with Gasteiger partial charge in [0, 0.05) is 19.1 Å². The second-order valence-corrected chi connectivity index (χ2v) is 7.94. The van der Waals surface area contributed by atoms with Crippen molar-refractivity contribution in [1.82, 2.24) is 15.3 Å². The number of nitrogens with one attached hydrogen (secondary N) is 4. The second-order valence-electron chi connectivity index (χ2n) is 7.94. The van der Waals surface area contributed by atoms with E-state index in [2.05, 4.69) is 31.2 Å². The zero-order chi connectivity index (χ0) is 23.2. The van der Waals surface area contributed by atoms with Crippen LogP contribution in [0.25, 0.3) is 0 Å². The number of anilines is 4. The Hall–Kier alpha value is -3.57. The van der Waals surface area contributed by atoms with Crippen molar-refractivity contribution in [2.45, 2.75) is 44.8 Å². The Labute approximate surface area is 181 Å². The minimum absolute atomic E-state index is 0.00124. The summed E-state index contributed by atoms with van der Waals surface area (Å²) in [5.41, 5.74) is 0.765. The lowest BCUT2D eigenvalue weighted by atomic mass is 9.87. The van der Waals surface area contributed by atoms with Crippen LogP contribution in [0.5, 0.6) is 0 Å². The van der Waals surface area contributed by atoms with Gasteiger partial charge in [-0.2, -0.15) is 4.98 Å². The molecule has 1 aliphatic heterocycles. The highest BCUT2D eigenvalue weighted by Crippen LogP contribution is 2.33. The molecular weight excluding hydrogens is 427 g/mol. The molecule has 0 spiro atoms. The quantitative estimate of drug-likeness (QED) is 0.535. The average Bonchev–Trinajstić information content (AvgIpc) is 2.72. The van der Waals surface area contributed by atoms with Gasteiger partial charge in [0.05, 0.1) is 11.4 Å². The molecule has 4 N–H and O–H groups in total. The summed E-state index contributed by atoms with van der Waals surface area (Å²) in [4.78, 5) is 34.7. The van der Waals surface area contributed by atoms with Gasteiger partial charge in [-0.05, 0) is 38.8 Å². The lowest BCUT2D eigenvalue weighted by Gasteiger charge is -2.37. The van der Waals surface area contributed by atoms with E-state index in [9.17, 15) is 22.8 Å². The molecule has 2 aliphatic rings. The summed E-state index contributed by atoms with van der Waals surface area (Å²) in [7, 11) is 1.79. The monoisotopic (exact) mass is 449 g/mol. The molecule has 0 saturated heterocycles. The molecule has 1 aliphatic carbocycles. The Balaban J connectivity index is 1.32. The highest BCUT2D eigenvalue weighted by atomic mass is 19.2. The molecule has 2 aromatic rings. The van der Waals surface area contributed by atoms with Crippen molar-refractivity contribution in [1.29, 1.82) is 0 Å². The largest absolute Gasteiger partial charge is 0.351 e. The summed E-state index contributed by atoms with van der Waals surface area (Å²) in [5.74, 6) is -3.52. The van der Waals surface area contributed by atoms with Crippen LogP contribution in [0.3, 0.4) is 0 Å². The summed E-state index contributed by atoms with van der Waals surface area (Å²) in [6.45, 7) is 3.56. The van der Waals surface area contributed by atoms with Gasteiger partial charge >= 0.3 is 6.03 Å². The van der Waals surface area contributed by atoms with E-state index in [4.69, 9.17) is 0 Å². The topological polar surface area (TPSA) is 111 Å². The van der Waals surface area contributed by atoms with Crippen molar-refractivity contribution < 1.29 is 22.8 Å². The molecule has 1 fully saturated rings. The minimum atomic E-state index is -1.64. The fourth-order valence-corrected chi connectivity index (χ4v) is 3.61. The van der Waals surface area contributed by atoms with E-state index in [1.807, 2.05) is 0 Å². The molecule has 0 bridgehead atoms. The van der Waals surface area contributed by atoms with Crippen LogP contribution >= 0.6 is 0 Å². The zero-order valence-electron chi connectivity index (χ0n) is 17.6. The lowest BCUT2D eigenvalue weighted by molar-refractivity contribution is -0.117. The molecule has 1 aromatic heterocycles. The Morgan fingerprint density at radius 2 is 1.88 bits per heavy atom. The molecule has 0 radical (unpaired) electrons. The first kappa shape index (κ1) is 21.7. The molecule has 1 saturated carbocycles. The molecule has 2 heterocycles. The van der Waals surface area contributed by atoms with Crippen LogP contribution in [-0.2, 0) is 4.79 Å². The Morgan fingerprint density at radius 1 is 1.16 bits per heavy atom. The molecular formula is C20H22F3N7O2. The van der Waals surface area contributed by atoms with Crippen molar-refractivity contribution in [3.63, 3.8) is 0 Å². The summed E-state index contributed by atoms with van der Waals surface area (Å²) >= 11 is 0. The molecule has 4 rings (SSSR count). The van der Waals surface area contributed by atoms with Gasteiger partial charge in [-0.1, -0.05) is 0 Å². The Kier molecular flexibility index (Phi) is 5.53. The fraction of sp³-hybridized carbons (Fsp3) is 0.400. The van der Waals surface area contributed by atoms with E-state index in [1.165, 1.54) is 0 Å². The number of amides is 3. The SMILES string of the molecule is Cc1nc(NC2CC(NC(=O)Nc3ccc(F)c(F)c3F)C2)nc2c1NC(=O)C(C)N2C. The molecule has 170 valence electrons. The number of fused-ring (bicyclic) bond motifs is 1. The van der Waals surface area contributed by atoms with Crippen molar-refractivity contribution in [3.8, 4) is 0 Å². The first-order valence-electron chi connectivity index (χ1n) is 10.0. The van der Waals surface area contributed by atoms with Crippen LogP contribution in [0, 0.1) is 24.4 Å². The lowest BCUT2D eigenvalue weighted by Crippen LogP contribution is -2.51. The molecule has 1 unspecified atom stereocenters. The predicted molar refractivity (Wildman–Crippen MR) is 112 cm³/mol. The molecule has 1 atom stereocenters. The zero-order valence-corrected chi connectivity index (χ0v) is 17.6. The highest BCUT2D eigenvalue weighted by Gasteiger charge is 2.33. The molecule has 32 heavy (non-hydrogen) atoms. The Bertz CT molecular complexity index is 1090. The number of likely N-dealkylation sites (N-methyl/N-ethyl adjacent to an activating group) is 1. The first-order chi connectivity index (χ1) is 15.1. The number of hydrogen-bond donors (Lipinski definition) is 4. The third-order valence-corrected chi connectivity index (χ3v) is 5.70. The third kappa shape index (κ3) is 3.99. The normalized spacial score (nSPS) is 21.9. The number of rotatable bonds is 4. The van der Waals surface area contributed by atoms with Crippen LogP contribution in [0.2, 0.25) is 0 Å². The number of aromatic nitrogens is 2. The molecule has 1 aromatic carbocycles. The summed E-state index contributed by atoms with van der Waals surface area (Å²) in [6, 6.07) is 0.418. The number of carbonyl (C=O) groups is 2. The predicted octanol–water partition coefficient (Wildman–Crippen LogP) is 2.74. The van der Waals surface area contributed by atoms with Crippen molar-refractivity contribution in [2.75, 3.05) is 27.9 Å². The van der Waals surface area contributed by atoms with E-state index in [0.717, 1.165) is 12.1 Å². The van der Waals surface area contributed by atoms with Crippen molar-refractivity contribution in [3.05, 3.63) is 35.3 Å². The Morgan fingerprint density at radius 3 is 2.59 bits per heavy atom. The van der Waals surface area contributed by atoms with E-state index in [0.29, 0.717) is 36.0 Å². The molecule has 9 nitrogen and oxygen atoms in total. The number of nitrogens with zero attached hydrogens (tertiary/aromatic N) is 3. The fourth-order valence-electron chi connectivity index (χ4n) is 3.61. The van der Waals surface area contributed by atoms with Gasteiger partial charge < -0.3 is 26.2 Å². The van der Waals surface area contributed by atoms with Crippen LogP contribution in [0.1, 0.15) is 25.5 Å². The number of aryl methyl sites for hydroxylation is 1. The molecule has 12 heteroatoms. The maximum absolute atomic E-state index is 13.7. The van der Waals surface area contributed by atoms with Crippen LogP contribution in [0.4, 0.5) is 41.1 Å². The van der Waals surface area contributed by atoms with Gasteiger partial charge in [0.1, 0.15) is 11.7 Å². The summed E-state index contributed by atoms with van der Waals surface area (Å²) < 4.78 is 39.9. The summed E-state index contributed by atoms with van der Waals surface area (Å²) in [6.07, 6.45) is 1.13. The van der Waals surface area contributed by atoms with E-state index in [-0.39, 0.29) is 24.0 Å². The standard InChI is InChI=1S/C20H22F3N7O2/c1-8-16-17(30(3)9(2)18(31)28-16)29-19(24-8)25-10-6-11(7-10)26-20(32)27-13-5-4-12(21)14(22)15(13)23/h4-5,9-11H,6-7H2,1-3H3,(H,28,31)(H,24,25,29)(H2,26,27,32). The number of urea groups is 1. The smallest absolute Gasteiger partial charge is 0.319 e. The van der Waals surface area contributed by atoms with Crippen molar-refractivity contribution in [2.24, 2.45) is 0 Å². The maximum atomic E-state index is 13.7. The van der Waals surface area contributed by atoms with Crippen LogP contribution in [0.15, 0.2) is 12.1 Å². The number of hydrogen-bond acceptors (Lipinski definition) is 6. The van der Waals surface area contributed by atoms with Gasteiger partial charge in [-0.15, -0.1) is 0 Å². The van der Waals surface area contributed by atoms with Crippen LogP contribution < -0.4 is 26.2 Å². The maximum Gasteiger partial charge on any atom is 0.319 e. The number of benzene rings is 1. The second kappa shape index (κ2) is 8.17. The van der Waals surface area contributed by atoms with E-state index in [1.54, 1.807) is 25.8 Å². The average molecular weight is 449 g/mol. The number of carbonyl (C=O) groups excluding carboxylic acids is 2. The van der Waals surface area contributed by atoms with Crippen molar-refractivity contribution >= 4 is 35.1 Å². The van der Waals surface area contributed by atoms with Gasteiger partial charge in [0.25, 0.3) is 0 Å². The van der Waals surface area contributed by atoms with Gasteiger partial charge in [0.15, 0.2) is 23.3 Å². The third-order valence-electron chi connectivity index (χ3n) is 5.70. The first-order valence-corrected chi connectivity index (χ1v) is 10.0. The molecule has 3 amide bonds. The summed E-state index contributed by atoms with van der Waals surface area (Å²) in [5, 5.41) is 10.9. The van der Waals surface area contributed by atoms with E-state index >= 15 is 0 Å². The van der Waals surface area contributed by atoms with Crippen LogP contribution in [-0.4, -0.2) is 47.1 Å². The van der Waals surface area contributed by atoms with Gasteiger partial charge in [0.2, 0.25) is 11.9 Å². The highest BCUT2D eigenvalue weighted by molar-refractivity contribution is 6.03. The van der Waals surface area contributed by atoms with Gasteiger partial charge in [-0.25, -0.2) is 22.9 Å². The minimum Gasteiger partial charge on any atom is -0.351 e.